The summed E-state index contributed by atoms with van der Waals surface area (Å²) < 4.78 is 7.93. The number of aromatic nitrogens is 4. The van der Waals surface area contributed by atoms with Gasteiger partial charge in [0.15, 0.2) is 5.84 Å². The average molecular weight is 569 g/mol. The highest BCUT2D eigenvalue weighted by molar-refractivity contribution is 6.04. The van der Waals surface area contributed by atoms with Crippen LogP contribution in [0.5, 0.6) is 11.5 Å². The Balaban J connectivity index is 1.33. The number of nitrogens with zero attached hydrogens (tertiary/aromatic N) is 6. The second kappa shape index (κ2) is 12.8. The van der Waals surface area contributed by atoms with Crippen LogP contribution >= 0.6 is 0 Å². The number of pyridine rings is 1. The summed E-state index contributed by atoms with van der Waals surface area (Å²) in [6, 6.07) is 11.6. The predicted octanol–water partition coefficient (Wildman–Crippen LogP) is 3.86. The summed E-state index contributed by atoms with van der Waals surface area (Å²) in [5.41, 5.74) is 10.8. The van der Waals surface area contributed by atoms with Crippen LogP contribution in [0.15, 0.2) is 77.3 Å². The number of likely N-dealkylation sites (tertiary alicyclic amines) is 1. The molecule has 42 heavy (non-hydrogen) atoms. The number of carbonyl (C=O) groups excluding carboxylic acids is 1. The van der Waals surface area contributed by atoms with E-state index in [1.54, 1.807) is 10.8 Å². The Bertz CT molecular complexity index is 1630. The number of hydrogen-bond acceptors (Lipinski definition) is 5. The maximum absolute atomic E-state index is 13.0. The smallest absolute Gasteiger partial charge is 0.351 e. The van der Waals surface area contributed by atoms with Crippen molar-refractivity contribution in [1.29, 1.82) is 0 Å². The Morgan fingerprint density at radius 2 is 2.12 bits per heavy atom. The lowest BCUT2D eigenvalue weighted by molar-refractivity contribution is -0.577. The summed E-state index contributed by atoms with van der Waals surface area (Å²) in [6.07, 6.45) is 9.39. The maximum atomic E-state index is 13.0. The molecule has 1 saturated heterocycles. The SMILES string of the molecule is C=C(CN(C)C)C(=O)N1CCC[C@@H](c2cc[nH]c2C(N=CN)=Nc2ccc(Oc3cc[n+]4[nH]cnc4c3)c(C)c2)CC1. The van der Waals surface area contributed by atoms with Crippen molar-refractivity contribution in [3.05, 3.63) is 84.1 Å². The minimum Gasteiger partial charge on any atom is -0.457 e. The summed E-state index contributed by atoms with van der Waals surface area (Å²) in [5, 5.41) is 3.01. The van der Waals surface area contributed by atoms with Crippen molar-refractivity contribution in [3.63, 3.8) is 0 Å². The van der Waals surface area contributed by atoms with Crippen LogP contribution in [0.4, 0.5) is 5.69 Å². The van der Waals surface area contributed by atoms with E-state index in [-0.39, 0.29) is 11.8 Å². The number of aryl methyl sites for hydroxylation is 1. The highest BCUT2D eigenvalue weighted by atomic mass is 16.5. The molecular weight excluding hydrogens is 530 g/mol. The number of hydrogen-bond donors (Lipinski definition) is 3. The van der Waals surface area contributed by atoms with E-state index in [0.29, 0.717) is 30.2 Å². The molecule has 1 aliphatic rings. The minimum absolute atomic E-state index is 0.0389. The van der Waals surface area contributed by atoms with E-state index in [0.717, 1.165) is 59.7 Å². The number of aromatic amines is 2. The topological polar surface area (TPSA) is 132 Å². The van der Waals surface area contributed by atoms with Crippen LogP contribution in [-0.4, -0.2) is 76.7 Å². The number of likely N-dealkylation sites (N-methyl/N-ethyl adjacent to an activating group) is 1. The van der Waals surface area contributed by atoms with Gasteiger partial charge >= 0.3 is 5.65 Å². The minimum atomic E-state index is 0.0389. The van der Waals surface area contributed by atoms with Gasteiger partial charge < -0.3 is 25.3 Å². The lowest BCUT2D eigenvalue weighted by atomic mass is 9.92. The molecule has 0 unspecified atom stereocenters. The van der Waals surface area contributed by atoms with Gasteiger partial charge in [-0.1, -0.05) is 6.58 Å². The van der Waals surface area contributed by atoms with Gasteiger partial charge in [-0.15, -0.1) is 4.52 Å². The van der Waals surface area contributed by atoms with Crippen molar-refractivity contribution in [3.8, 4) is 11.5 Å². The van der Waals surface area contributed by atoms with E-state index in [1.165, 1.54) is 6.34 Å². The fourth-order valence-corrected chi connectivity index (χ4v) is 5.38. The van der Waals surface area contributed by atoms with Crippen LogP contribution in [0.2, 0.25) is 0 Å². The number of carbonyl (C=O) groups is 1. The standard InChI is InChI=1S/C31H37N9O2/c1-21-16-24(7-8-27(21)42-25-11-15-40-28(17-25)35-20-36-40)37-30(34-19-32)29-26(9-12-33-29)23-6-5-13-39(14-10-23)31(41)22(2)18-38(3)4/h7-9,11-12,15-17,19-20,23H,2,5-6,10,13-14,18H2,1,3-4H3,(H3,32,33,34,37)/p+1/t23-/m1/s1. The molecule has 0 bridgehead atoms. The number of amidine groups is 1. The molecule has 11 nitrogen and oxygen atoms in total. The first-order chi connectivity index (χ1) is 20.3. The van der Waals surface area contributed by atoms with Gasteiger partial charge in [-0.3, -0.25) is 4.79 Å². The summed E-state index contributed by atoms with van der Waals surface area (Å²) >= 11 is 0. The molecule has 218 valence electrons. The number of rotatable bonds is 8. The van der Waals surface area contributed by atoms with E-state index in [2.05, 4.69) is 32.7 Å². The Hall–Kier alpha value is -4.77. The highest BCUT2D eigenvalue weighted by Crippen LogP contribution is 2.33. The van der Waals surface area contributed by atoms with Gasteiger partial charge in [0.1, 0.15) is 17.7 Å². The zero-order valence-electron chi connectivity index (χ0n) is 24.4. The number of fused-ring (bicyclic) bond motifs is 1. The lowest BCUT2D eigenvalue weighted by Gasteiger charge is -2.23. The fourth-order valence-electron chi connectivity index (χ4n) is 5.38. The largest absolute Gasteiger partial charge is 0.457 e. The third-order valence-corrected chi connectivity index (χ3v) is 7.39. The number of benzene rings is 1. The Morgan fingerprint density at radius 3 is 2.90 bits per heavy atom. The monoisotopic (exact) mass is 568 g/mol. The first-order valence-corrected chi connectivity index (χ1v) is 14.1. The molecule has 4 N–H and O–H groups in total. The molecule has 0 saturated carbocycles. The number of amides is 1. The van der Waals surface area contributed by atoms with Crippen LogP contribution in [0.1, 0.15) is 42.0 Å². The molecular formula is C31H38N9O2+. The molecule has 0 aliphatic carbocycles. The average Bonchev–Trinajstić information content (AvgIpc) is 3.57. The second-order valence-electron chi connectivity index (χ2n) is 10.8. The molecule has 1 fully saturated rings. The van der Waals surface area contributed by atoms with Crippen molar-refractivity contribution in [2.45, 2.75) is 32.1 Å². The van der Waals surface area contributed by atoms with Gasteiger partial charge in [-0.25, -0.2) is 9.98 Å². The maximum Gasteiger partial charge on any atom is 0.351 e. The van der Waals surface area contributed by atoms with E-state index in [1.807, 2.05) is 73.5 Å². The number of ether oxygens (including phenoxy) is 1. The van der Waals surface area contributed by atoms with Gasteiger partial charge in [-0.2, -0.15) is 5.10 Å². The molecule has 0 radical (unpaired) electrons. The van der Waals surface area contributed by atoms with Crippen LogP contribution in [-0.2, 0) is 4.79 Å². The molecule has 5 rings (SSSR count). The second-order valence-corrected chi connectivity index (χ2v) is 10.8. The van der Waals surface area contributed by atoms with Crippen LogP contribution < -0.4 is 15.0 Å². The molecule has 1 aliphatic heterocycles. The van der Waals surface area contributed by atoms with Crippen molar-refractivity contribution in [2.75, 3.05) is 33.7 Å². The van der Waals surface area contributed by atoms with Crippen LogP contribution in [0, 0.1) is 6.92 Å². The normalized spacial score (nSPS) is 16.3. The molecule has 1 amide bonds. The van der Waals surface area contributed by atoms with E-state index < -0.39 is 0 Å². The van der Waals surface area contributed by atoms with E-state index >= 15 is 0 Å². The van der Waals surface area contributed by atoms with Crippen LogP contribution in [0.3, 0.4) is 0 Å². The van der Waals surface area contributed by atoms with Gasteiger partial charge in [0.2, 0.25) is 12.2 Å². The zero-order valence-corrected chi connectivity index (χ0v) is 24.4. The molecule has 4 aromatic rings. The van der Waals surface area contributed by atoms with E-state index in [9.17, 15) is 4.79 Å². The van der Waals surface area contributed by atoms with Crippen LogP contribution in [0.25, 0.3) is 5.65 Å². The number of nitrogens with two attached hydrogens (primary N) is 1. The van der Waals surface area contributed by atoms with Gasteiger partial charge in [-0.05, 0) is 86.6 Å². The molecule has 11 heteroatoms. The third-order valence-electron chi connectivity index (χ3n) is 7.39. The van der Waals surface area contributed by atoms with E-state index in [4.69, 9.17) is 15.5 Å². The Labute approximate surface area is 245 Å². The summed E-state index contributed by atoms with van der Waals surface area (Å²) in [6.45, 7) is 7.96. The number of aliphatic imine (C=N–C) groups is 2. The van der Waals surface area contributed by atoms with Crippen molar-refractivity contribution in [1.82, 2.24) is 24.9 Å². The Kier molecular flexibility index (Phi) is 8.77. The van der Waals surface area contributed by atoms with Crippen molar-refractivity contribution in [2.24, 2.45) is 15.7 Å². The quantitative estimate of drug-likeness (QED) is 0.129. The van der Waals surface area contributed by atoms with Crippen molar-refractivity contribution < 1.29 is 14.0 Å². The molecule has 4 heterocycles. The summed E-state index contributed by atoms with van der Waals surface area (Å²) in [4.78, 5) is 33.8. The molecule has 1 atom stereocenters. The molecule has 3 aromatic heterocycles. The van der Waals surface area contributed by atoms with Gasteiger partial charge in [0, 0.05) is 37.5 Å². The third kappa shape index (κ3) is 6.58. The first kappa shape index (κ1) is 28.7. The highest BCUT2D eigenvalue weighted by Gasteiger charge is 2.26. The molecule has 0 spiro atoms. The number of H-pyrrole nitrogens is 2. The lowest BCUT2D eigenvalue weighted by Crippen LogP contribution is -2.35. The van der Waals surface area contributed by atoms with Gasteiger partial charge in [0.25, 0.3) is 0 Å². The fraction of sp³-hybridized carbons (Fsp3) is 0.323. The summed E-state index contributed by atoms with van der Waals surface area (Å²) in [5.74, 6) is 2.22. The van der Waals surface area contributed by atoms with Crippen molar-refractivity contribution >= 4 is 29.4 Å². The molecule has 1 aromatic carbocycles. The summed E-state index contributed by atoms with van der Waals surface area (Å²) in [7, 11) is 3.89. The predicted molar refractivity (Wildman–Crippen MR) is 164 cm³/mol. The first-order valence-electron chi connectivity index (χ1n) is 14.1. The Morgan fingerprint density at radius 1 is 1.26 bits per heavy atom. The van der Waals surface area contributed by atoms with Gasteiger partial charge in [0.05, 0.1) is 23.8 Å². The number of nitrogens with one attached hydrogen (secondary N) is 2. The zero-order chi connectivity index (χ0) is 29.6.